The highest BCUT2D eigenvalue weighted by Gasteiger charge is 2.42. The molecule has 4 nitrogen and oxygen atoms in total. The van der Waals surface area contributed by atoms with Crippen molar-refractivity contribution in [3.05, 3.63) is 59.7 Å². The monoisotopic (exact) mass is 293 g/mol. The van der Waals surface area contributed by atoms with Gasteiger partial charge in [0.2, 0.25) is 5.91 Å². The standard InChI is InChI=1S/C18H19N3O/c1-11-14-5-3-4-6-17(14)21-16(11)8-7-13(18(21)22)9-15-12(2)19-10-20-15/h3-8,10-11,13,16H,9H2,1-2H3,(H,19,20). The number of nitrogens with zero attached hydrogens (tertiary/aromatic N) is 2. The molecule has 3 atom stereocenters. The summed E-state index contributed by atoms with van der Waals surface area (Å²) in [7, 11) is 0. The molecule has 0 aliphatic carbocycles. The van der Waals surface area contributed by atoms with E-state index in [9.17, 15) is 4.79 Å². The van der Waals surface area contributed by atoms with Gasteiger partial charge in [-0.25, -0.2) is 4.98 Å². The summed E-state index contributed by atoms with van der Waals surface area (Å²) < 4.78 is 0. The average molecular weight is 293 g/mol. The van der Waals surface area contributed by atoms with Crippen LogP contribution in [0.15, 0.2) is 42.7 Å². The summed E-state index contributed by atoms with van der Waals surface area (Å²) in [4.78, 5) is 22.4. The highest BCUT2D eigenvalue weighted by Crippen LogP contribution is 2.43. The molecular weight excluding hydrogens is 274 g/mol. The Hall–Kier alpha value is -2.36. The van der Waals surface area contributed by atoms with E-state index < -0.39 is 0 Å². The molecule has 2 aromatic rings. The summed E-state index contributed by atoms with van der Waals surface area (Å²) in [6, 6.07) is 8.40. The van der Waals surface area contributed by atoms with Gasteiger partial charge in [-0.1, -0.05) is 37.3 Å². The molecule has 0 radical (unpaired) electrons. The second kappa shape index (κ2) is 4.83. The molecule has 3 heterocycles. The first-order valence-electron chi connectivity index (χ1n) is 7.76. The summed E-state index contributed by atoms with van der Waals surface area (Å²) in [5.74, 6) is 0.410. The molecule has 2 aliphatic heterocycles. The van der Waals surface area contributed by atoms with Crippen LogP contribution < -0.4 is 4.90 Å². The van der Waals surface area contributed by atoms with Crippen LogP contribution in [-0.4, -0.2) is 21.9 Å². The smallest absolute Gasteiger partial charge is 0.234 e. The van der Waals surface area contributed by atoms with Crippen LogP contribution in [0.1, 0.15) is 29.8 Å². The Kier molecular flexibility index (Phi) is 2.93. The van der Waals surface area contributed by atoms with E-state index in [0.717, 1.165) is 17.1 Å². The number of aryl methyl sites for hydroxylation is 1. The molecule has 22 heavy (non-hydrogen) atoms. The number of aromatic nitrogens is 2. The van der Waals surface area contributed by atoms with Crippen molar-refractivity contribution in [2.24, 2.45) is 5.92 Å². The molecule has 0 spiro atoms. The minimum Gasteiger partial charge on any atom is -0.348 e. The third kappa shape index (κ3) is 1.83. The lowest BCUT2D eigenvalue weighted by molar-refractivity contribution is -0.121. The maximum atomic E-state index is 13.0. The van der Waals surface area contributed by atoms with Crippen molar-refractivity contribution in [3.8, 4) is 0 Å². The van der Waals surface area contributed by atoms with Gasteiger partial charge in [-0.05, 0) is 18.6 Å². The number of imidazole rings is 1. The zero-order chi connectivity index (χ0) is 15.3. The number of carbonyl (C=O) groups excluding carboxylic acids is 1. The first-order chi connectivity index (χ1) is 10.7. The zero-order valence-electron chi connectivity index (χ0n) is 12.8. The second-order valence-corrected chi connectivity index (χ2v) is 6.22. The maximum Gasteiger partial charge on any atom is 0.234 e. The number of fused-ring (bicyclic) bond motifs is 3. The van der Waals surface area contributed by atoms with Crippen LogP contribution in [0.3, 0.4) is 0 Å². The topological polar surface area (TPSA) is 49.0 Å². The lowest BCUT2D eigenvalue weighted by Crippen LogP contribution is -2.44. The zero-order valence-corrected chi connectivity index (χ0v) is 12.8. The fraction of sp³-hybridized carbons (Fsp3) is 0.333. The normalized spacial score (nSPS) is 26.2. The van der Waals surface area contributed by atoms with Crippen LogP contribution in [0.2, 0.25) is 0 Å². The number of aromatic amines is 1. The number of carbonyl (C=O) groups is 1. The number of H-pyrrole nitrogens is 1. The molecule has 1 N–H and O–H groups in total. The maximum absolute atomic E-state index is 13.0. The molecule has 4 heteroatoms. The third-order valence-corrected chi connectivity index (χ3v) is 4.94. The number of hydrogen-bond acceptors (Lipinski definition) is 2. The summed E-state index contributed by atoms with van der Waals surface area (Å²) >= 11 is 0. The number of anilines is 1. The van der Waals surface area contributed by atoms with Gasteiger partial charge in [0.05, 0.1) is 24.0 Å². The van der Waals surface area contributed by atoms with Crippen molar-refractivity contribution >= 4 is 11.6 Å². The SMILES string of the molecule is Cc1[nH]cnc1CC1C=CC2C(C)c3ccccc3N2C1=O. The largest absolute Gasteiger partial charge is 0.348 e. The van der Waals surface area contributed by atoms with Crippen LogP contribution in [0, 0.1) is 12.8 Å². The van der Waals surface area contributed by atoms with E-state index in [1.165, 1.54) is 5.56 Å². The number of amides is 1. The van der Waals surface area contributed by atoms with Crippen LogP contribution in [-0.2, 0) is 11.2 Å². The van der Waals surface area contributed by atoms with E-state index in [1.807, 2.05) is 24.0 Å². The van der Waals surface area contributed by atoms with E-state index in [2.05, 4.69) is 41.2 Å². The van der Waals surface area contributed by atoms with Crippen molar-refractivity contribution in [1.29, 1.82) is 0 Å². The highest BCUT2D eigenvalue weighted by atomic mass is 16.2. The Labute approximate surface area is 129 Å². The van der Waals surface area contributed by atoms with Gasteiger partial charge in [-0.2, -0.15) is 0 Å². The summed E-state index contributed by atoms with van der Waals surface area (Å²) in [6.07, 6.45) is 6.61. The molecular formula is C18H19N3O. The third-order valence-electron chi connectivity index (χ3n) is 4.94. The molecule has 2 aliphatic rings. The van der Waals surface area contributed by atoms with Gasteiger partial charge < -0.3 is 9.88 Å². The van der Waals surface area contributed by atoms with Crippen LogP contribution in [0.4, 0.5) is 5.69 Å². The first kappa shape index (κ1) is 13.3. The Balaban J connectivity index is 1.68. The molecule has 0 fully saturated rings. The van der Waals surface area contributed by atoms with Gasteiger partial charge in [0, 0.05) is 23.7 Å². The number of nitrogens with one attached hydrogen (secondary N) is 1. The Morgan fingerprint density at radius 1 is 1.27 bits per heavy atom. The van der Waals surface area contributed by atoms with Gasteiger partial charge in [-0.3, -0.25) is 4.79 Å². The van der Waals surface area contributed by atoms with Gasteiger partial charge >= 0.3 is 0 Å². The molecule has 3 unspecified atom stereocenters. The Morgan fingerprint density at radius 3 is 2.86 bits per heavy atom. The molecule has 0 bridgehead atoms. The summed E-state index contributed by atoms with van der Waals surface area (Å²) in [5, 5.41) is 0. The Morgan fingerprint density at radius 2 is 2.09 bits per heavy atom. The van der Waals surface area contributed by atoms with Gasteiger partial charge in [0.1, 0.15) is 0 Å². The van der Waals surface area contributed by atoms with Crippen molar-refractivity contribution in [1.82, 2.24) is 9.97 Å². The lowest BCUT2D eigenvalue weighted by Gasteiger charge is -2.32. The molecule has 112 valence electrons. The summed E-state index contributed by atoms with van der Waals surface area (Å²) in [6.45, 7) is 4.19. The molecule has 0 saturated carbocycles. The molecule has 1 aromatic carbocycles. The van der Waals surface area contributed by atoms with Crippen LogP contribution >= 0.6 is 0 Å². The van der Waals surface area contributed by atoms with Crippen molar-refractivity contribution in [2.45, 2.75) is 32.2 Å². The van der Waals surface area contributed by atoms with E-state index in [0.29, 0.717) is 12.3 Å². The fourth-order valence-corrected chi connectivity index (χ4v) is 3.64. The molecule has 1 aromatic heterocycles. The van der Waals surface area contributed by atoms with E-state index in [1.54, 1.807) is 6.33 Å². The predicted octanol–water partition coefficient (Wildman–Crippen LogP) is 2.97. The van der Waals surface area contributed by atoms with Gasteiger partial charge in [0.15, 0.2) is 0 Å². The van der Waals surface area contributed by atoms with Crippen molar-refractivity contribution < 1.29 is 4.79 Å². The minimum absolute atomic E-state index is 0.128. The predicted molar refractivity (Wildman–Crippen MR) is 85.8 cm³/mol. The van der Waals surface area contributed by atoms with E-state index in [-0.39, 0.29) is 17.9 Å². The van der Waals surface area contributed by atoms with Gasteiger partial charge in [0.25, 0.3) is 0 Å². The fourth-order valence-electron chi connectivity index (χ4n) is 3.64. The van der Waals surface area contributed by atoms with E-state index >= 15 is 0 Å². The van der Waals surface area contributed by atoms with Gasteiger partial charge in [-0.15, -0.1) is 0 Å². The lowest BCUT2D eigenvalue weighted by atomic mass is 9.91. The van der Waals surface area contributed by atoms with Crippen molar-refractivity contribution in [3.63, 3.8) is 0 Å². The minimum atomic E-state index is -0.128. The molecule has 1 amide bonds. The van der Waals surface area contributed by atoms with E-state index in [4.69, 9.17) is 0 Å². The van der Waals surface area contributed by atoms with Crippen LogP contribution in [0.5, 0.6) is 0 Å². The second-order valence-electron chi connectivity index (χ2n) is 6.22. The number of benzene rings is 1. The van der Waals surface area contributed by atoms with Crippen molar-refractivity contribution in [2.75, 3.05) is 4.90 Å². The average Bonchev–Trinajstić information content (AvgIpc) is 3.05. The number of para-hydroxylation sites is 1. The summed E-state index contributed by atoms with van der Waals surface area (Å²) in [5.41, 5.74) is 4.35. The quantitative estimate of drug-likeness (QED) is 0.865. The molecule has 4 rings (SSSR count). The van der Waals surface area contributed by atoms with Crippen LogP contribution in [0.25, 0.3) is 0 Å². The number of hydrogen-bond donors (Lipinski definition) is 1. The highest BCUT2D eigenvalue weighted by molar-refractivity contribution is 6.00. The number of rotatable bonds is 2. The Bertz CT molecular complexity index is 761. The molecule has 0 saturated heterocycles. The first-order valence-corrected chi connectivity index (χ1v) is 7.76.